The predicted octanol–water partition coefficient (Wildman–Crippen LogP) is 1.62. The maximum Gasteiger partial charge on any atom is 0.269 e. The summed E-state index contributed by atoms with van der Waals surface area (Å²) in [5, 5.41) is 12.8. The Morgan fingerprint density at radius 2 is 1.78 bits per heavy atom. The first kappa shape index (κ1) is 19.8. The van der Waals surface area contributed by atoms with E-state index in [4.69, 9.17) is 17.0 Å². The van der Waals surface area contributed by atoms with E-state index >= 15 is 0 Å². The van der Waals surface area contributed by atoms with Crippen molar-refractivity contribution in [2.45, 2.75) is 6.92 Å². The highest BCUT2D eigenvalue weighted by molar-refractivity contribution is 7.80. The molecule has 0 aromatic heterocycles. The molecule has 0 aliphatic rings. The number of hydrogen-bond donors (Lipinski definition) is 3. The molecule has 2 amide bonds. The molecule has 0 atom stereocenters. The summed E-state index contributed by atoms with van der Waals surface area (Å²) in [7, 11) is 0. The van der Waals surface area contributed by atoms with Crippen molar-refractivity contribution >= 4 is 34.8 Å². The lowest BCUT2D eigenvalue weighted by Crippen LogP contribution is -2.49. The summed E-state index contributed by atoms with van der Waals surface area (Å²) < 4.78 is 5.20. The summed E-state index contributed by atoms with van der Waals surface area (Å²) in [6.07, 6.45) is 0. The van der Waals surface area contributed by atoms with Gasteiger partial charge < -0.3 is 4.74 Å². The number of rotatable bonds is 5. The summed E-state index contributed by atoms with van der Waals surface area (Å²) in [6.45, 7) is 1.44. The number of nitro benzene ring substituents is 1. The Balaban J connectivity index is 1.75. The molecule has 0 heterocycles. The van der Waals surface area contributed by atoms with Crippen LogP contribution in [0.25, 0.3) is 0 Å². The molecule has 0 unspecified atom stereocenters. The standard InChI is InChI=1S/C17H16N4O5S/c1-11-4-2-3-5-14(11)16(23)19-20-17(27)18-15(22)10-26-13-8-6-12(7-9-13)21(24)25/h2-9H,10H2,1H3,(H,19,23)(H2,18,20,22,27). The third-order valence-electron chi connectivity index (χ3n) is 3.35. The fourth-order valence-corrected chi connectivity index (χ4v) is 2.18. The third-order valence-corrected chi connectivity index (χ3v) is 3.55. The van der Waals surface area contributed by atoms with Gasteiger partial charge in [-0.3, -0.25) is 35.9 Å². The second-order valence-electron chi connectivity index (χ2n) is 5.31. The number of nitro groups is 1. The first-order valence-electron chi connectivity index (χ1n) is 7.70. The largest absolute Gasteiger partial charge is 0.484 e. The average Bonchev–Trinajstić information content (AvgIpc) is 2.65. The van der Waals surface area contributed by atoms with Crippen LogP contribution < -0.4 is 20.9 Å². The molecule has 140 valence electrons. The van der Waals surface area contributed by atoms with E-state index < -0.39 is 16.7 Å². The van der Waals surface area contributed by atoms with E-state index in [1.54, 1.807) is 25.1 Å². The molecule has 3 N–H and O–H groups in total. The molecule has 0 fully saturated rings. The van der Waals surface area contributed by atoms with Crippen LogP contribution >= 0.6 is 12.2 Å². The van der Waals surface area contributed by atoms with E-state index in [-0.39, 0.29) is 17.4 Å². The van der Waals surface area contributed by atoms with Crippen molar-refractivity contribution in [1.82, 2.24) is 16.2 Å². The molecule has 0 saturated carbocycles. The summed E-state index contributed by atoms with van der Waals surface area (Å²) >= 11 is 4.92. The number of carbonyl (C=O) groups is 2. The number of ether oxygens (including phenoxy) is 1. The van der Waals surface area contributed by atoms with E-state index in [1.807, 2.05) is 6.07 Å². The van der Waals surface area contributed by atoms with Crippen LogP contribution in [0.4, 0.5) is 5.69 Å². The topological polar surface area (TPSA) is 123 Å². The second-order valence-corrected chi connectivity index (χ2v) is 5.72. The zero-order chi connectivity index (χ0) is 19.8. The van der Waals surface area contributed by atoms with Crippen molar-refractivity contribution in [3.05, 3.63) is 69.8 Å². The average molecular weight is 388 g/mol. The van der Waals surface area contributed by atoms with Gasteiger partial charge in [-0.15, -0.1) is 0 Å². The highest BCUT2D eigenvalue weighted by Crippen LogP contribution is 2.17. The van der Waals surface area contributed by atoms with E-state index in [0.29, 0.717) is 11.3 Å². The Labute approximate surface area is 159 Å². The third kappa shape index (κ3) is 6.04. The number of aryl methyl sites for hydroxylation is 1. The monoisotopic (exact) mass is 388 g/mol. The van der Waals surface area contributed by atoms with Gasteiger partial charge in [0.15, 0.2) is 11.7 Å². The molecule has 0 aliphatic carbocycles. The molecule has 10 heteroatoms. The van der Waals surface area contributed by atoms with E-state index in [1.165, 1.54) is 24.3 Å². The maximum absolute atomic E-state index is 12.0. The Kier molecular flexibility index (Phi) is 6.78. The molecule has 9 nitrogen and oxygen atoms in total. The highest BCUT2D eigenvalue weighted by atomic mass is 32.1. The molecule has 0 aliphatic heterocycles. The summed E-state index contributed by atoms with van der Waals surface area (Å²) in [5.74, 6) is -0.662. The minimum absolute atomic E-state index is 0.0819. The van der Waals surface area contributed by atoms with Gasteiger partial charge >= 0.3 is 0 Å². The lowest BCUT2D eigenvalue weighted by molar-refractivity contribution is -0.384. The maximum atomic E-state index is 12.0. The van der Waals surface area contributed by atoms with Gasteiger partial charge in [-0.05, 0) is 42.9 Å². The summed E-state index contributed by atoms with van der Waals surface area (Å²) in [4.78, 5) is 33.8. The highest BCUT2D eigenvalue weighted by Gasteiger charge is 2.10. The Morgan fingerprint density at radius 3 is 2.41 bits per heavy atom. The summed E-state index contributed by atoms with van der Waals surface area (Å²) in [6, 6.07) is 12.3. The smallest absolute Gasteiger partial charge is 0.269 e. The fraction of sp³-hybridized carbons (Fsp3) is 0.118. The molecule has 0 spiro atoms. The van der Waals surface area contributed by atoms with Gasteiger partial charge in [0.2, 0.25) is 0 Å². The molecule has 0 bridgehead atoms. The number of carbonyl (C=O) groups excluding carboxylic acids is 2. The van der Waals surface area contributed by atoms with Crippen molar-refractivity contribution < 1.29 is 19.2 Å². The molecule has 27 heavy (non-hydrogen) atoms. The lowest BCUT2D eigenvalue weighted by atomic mass is 10.1. The first-order valence-corrected chi connectivity index (χ1v) is 8.10. The van der Waals surface area contributed by atoms with Crippen LogP contribution in [-0.2, 0) is 4.79 Å². The zero-order valence-electron chi connectivity index (χ0n) is 14.2. The number of non-ortho nitro benzene ring substituents is 1. The predicted molar refractivity (Wildman–Crippen MR) is 101 cm³/mol. The van der Waals surface area contributed by atoms with Gasteiger partial charge in [-0.1, -0.05) is 18.2 Å². The Morgan fingerprint density at radius 1 is 1.11 bits per heavy atom. The number of benzene rings is 2. The number of nitrogens with zero attached hydrogens (tertiary/aromatic N) is 1. The number of hydrogen-bond acceptors (Lipinski definition) is 6. The van der Waals surface area contributed by atoms with Crippen LogP contribution in [0.1, 0.15) is 15.9 Å². The molecule has 2 rings (SSSR count). The SMILES string of the molecule is Cc1ccccc1C(=O)NNC(=S)NC(=O)COc1ccc([N+](=O)[O-])cc1. The molecule has 2 aromatic carbocycles. The van der Waals surface area contributed by atoms with Crippen LogP contribution in [0.2, 0.25) is 0 Å². The van der Waals surface area contributed by atoms with Crippen LogP contribution in [0, 0.1) is 17.0 Å². The van der Waals surface area contributed by atoms with Gasteiger partial charge in [-0.25, -0.2) is 0 Å². The second kappa shape index (κ2) is 9.25. The van der Waals surface area contributed by atoms with E-state index in [0.717, 1.165) is 5.56 Å². The minimum atomic E-state index is -0.559. The van der Waals surface area contributed by atoms with E-state index in [2.05, 4.69) is 16.2 Å². The Hall–Kier alpha value is -3.53. The van der Waals surface area contributed by atoms with Crippen LogP contribution in [-0.4, -0.2) is 28.5 Å². The quantitative estimate of drug-likeness (QED) is 0.404. The van der Waals surface area contributed by atoms with Gasteiger partial charge in [0, 0.05) is 17.7 Å². The van der Waals surface area contributed by atoms with Gasteiger partial charge in [0.1, 0.15) is 5.75 Å². The summed E-state index contributed by atoms with van der Waals surface area (Å²) in [5.41, 5.74) is 6.00. The minimum Gasteiger partial charge on any atom is -0.484 e. The van der Waals surface area contributed by atoms with Crippen LogP contribution in [0.15, 0.2) is 48.5 Å². The van der Waals surface area contributed by atoms with Gasteiger partial charge in [-0.2, -0.15) is 0 Å². The van der Waals surface area contributed by atoms with Crippen LogP contribution in [0.5, 0.6) is 5.75 Å². The number of thiocarbonyl (C=S) groups is 1. The number of hydrazine groups is 1. The normalized spacial score (nSPS) is 9.81. The van der Waals surface area contributed by atoms with Crippen molar-refractivity contribution in [3.63, 3.8) is 0 Å². The van der Waals surface area contributed by atoms with Crippen LogP contribution in [0.3, 0.4) is 0 Å². The zero-order valence-corrected chi connectivity index (χ0v) is 15.0. The van der Waals surface area contributed by atoms with E-state index in [9.17, 15) is 19.7 Å². The number of amides is 2. The van der Waals surface area contributed by atoms with Crippen molar-refractivity contribution in [2.75, 3.05) is 6.61 Å². The molecular weight excluding hydrogens is 372 g/mol. The lowest BCUT2D eigenvalue weighted by Gasteiger charge is -2.12. The van der Waals surface area contributed by atoms with Crippen molar-refractivity contribution in [2.24, 2.45) is 0 Å². The van der Waals surface area contributed by atoms with Gasteiger partial charge in [0.05, 0.1) is 4.92 Å². The number of nitrogens with one attached hydrogen (secondary N) is 3. The molecule has 0 saturated heterocycles. The fourth-order valence-electron chi connectivity index (χ4n) is 2.02. The van der Waals surface area contributed by atoms with Crippen molar-refractivity contribution in [3.8, 4) is 5.75 Å². The molecule has 2 aromatic rings. The first-order chi connectivity index (χ1) is 12.9. The Bertz CT molecular complexity index is 870. The molecular formula is C17H16N4O5S. The molecule has 0 radical (unpaired) electrons. The van der Waals surface area contributed by atoms with Gasteiger partial charge in [0.25, 0.3) is 17.5 Å². The van der Waals surface area contributed by atoms with Crippen molar-refractivity contribution in [1.29, 1.82) is 0 Å².